The first-order valence-electron chi connectivity index (χ1n) is 5.66. The molecule has 0 amide bonds. The van der Waals surface area contributed by atoms with Crippen LogP contribution in [0.25, 0.3) is 0 Å². The molecule has 3 rings (SSSR count). The van der Waals surface area contributed by atoms with Gasteiger partial charge in [-0.15, -0.1) is 0 Å². The summed E-state index contributed by atoms with van der Waals surface area (Å²) in [6.07, 6.45) is 3.60. The molecule has 3 nitrogen and oxygen atoms in total. The van der Waals surface area contributed by atoms with Crippen LogP contribution in [0.1, 0.15) is 11.1 Å². The van der Waals surface area contributed by atoms with E-state index in [1.165, 1.54) is 0 Å². The van der Waals surface area contributed by atoms with Gasteiger partial charge in [-0.1, -0.05) is 12.1 Å². The van der Waals surface area contributed by atoms with Gasteiger partial charge >= 0.3 is 0 Å². The first-order chi connectivity index (χ1) is 8.38. The van der Waals surface area contributed by atoms with E-state index >= 15 is 0 Å². The SMILES string of the molecule is COc1cccc2c1CCc1cccnc1O2. The fourth-order valence-electron chi connectivity index (χ4n) is 2.15. The molecule has 0 aliphatic carbocycles. The number of aryl methyl sites for hydroxylation is 1. The first-order valence-corrected chi connectivity index (χ1v) is 5.66. The van der Waals surface area contributed by atoms with Crippen molar-refractivity contribution >= 4 is 0 Å². The Hall–Kier alpha value is -2.03. The average Bonchev–Trinajstić information content (AvgIpc) is 2.57. The highest BCUT2D eigenvalue weighted by molar-refractivity contribution is 5.49. The molecule has 0 saturated carbocycles. The fourth-order valence-corrected chi connectivity index (χ4v) is 2.15. The third-order valence-electron chi connectivity index (χ3n) is 3.01. The fraction of sp³-hybridized carbons (Fsp3) is 0.214. The predicted molar refractivity (Wildman–Crippen MR) is 64.7 cm³/mol. The molecule has 0 fully saturated rings. The van der Waals surface area contributed by atoms with E-state index in [-0.39, 0.29) is 0 Å². The minimum absolute atomic E-state index is 0.708. The van der Waals surface area contributed by atoms with Gasteiger partial charge in [-0.25, -0.2) is 4.98 Å². The van der Waals surface area contributed by atoms with Crippen LogP contribution in [0.5, 0.6) is 17.4 Å². The van der Waals surface area contributed by atoms with Crippen molar-refractivity contribution in [1.29, 1.82) is 0 Å². The van der Waals surface area contributed by atoms with Crippen molar-refractivity contribution in [3.05, 3.63) is 47.7 Å². The summed E-state index contributed by atoms with van der Waals surface area (Å²) in [5, 5.41) is 0. The molecule has 86 valence electrons. The number of ether oxygens (including phenoxy) is 2. The summed E-state index contributed by atoms with van der Waals surface area (Å²) in [4.78, 5) is 4.27. The number of hydrogen-bond acceptors (Lipinski definition) is 3. The van der Waals surface area contributed by atoms with Crippen molar-refractivity contribution in [2.24, 2.45) is 0 Å². The van der Waals surface area contributed by atoms with Crippen LogP contribution in [-0.4, -0.2) is 12.1 Å². The van der Waals surface area contributed by atoms with Crippen LogP contribution in [0, 0.1) is 0 Å². The van der Waals surface area contributed by atoms with Gasteiger partial charge in [-0.3, -0.25) is 0 Å². The second-order valence-electron chi connectivity index (χ2n) is 4.01. The van der Waals surface area contributed by atoms with Gasteiger partial charge in [-0.05, 0) is 31.0 Å². The summed E-state index contributed by atoms with van der Waals surface area (Å²) in [5.74, 6) is 2.44. The van der Waals surface area contributed by atoms with Crippen LogP contribution < -0.4 is 9.47 Å². The van der Waals surface area contributed by atoms with Crippen LogP contribution in [-0.2, 0) is 12.8 Å². The van der Waals surface area contributed by atoms with Crippen LogP contribution in [0.3, 0.4) is 0 Å². The van der Waals surface area contributed by atoms with Gasteiger partial charge in [0, 0.05) is 17.3 Å². The molecule has 17 heavy (non-hydrogen) atoms. The van der Waals surface area contributed by atoms with Crippen LogP contribution in [0.15, 0.2) is 36.5 Å². The van der Waals surface area contributed by atoms with Crippen molar-refractivity contribution in [1.82, 2.24) is 4.98 Å². The largest absolute Gasteiger partial charge is 0.496 e. The zero-order chi connectivity index (χ0) is 11.7. The number of nitrogens with zero attached hydrogens (tertiary/aromatic N) is 1. The molecule has 0 bridgehead atoms. The number of rotatable bonds is 1. The molecule has 1 aliphatic rings. The van der Waals surface area contributed by atoms with E-state index in [4.69, 9.17) is 9.47 Å². The summed E-state index contributed by atoms with van der Waals surface area (Å²) >= 11 is 0. The zero-order valence-corrected chi connectivity index (χ0v) is 9.64. The lowest BCUT2D eigenvalue weighted by atomic mass is 10.0. The third kappa shape index (κ3) is 1.73. The molecule has 1 aromatic carbocycles. The van der Waals surface area contributed by atoms with Crippen LogP contribution >= 0.6 is 0 Å². The van der Waals surface area contributed by atoms with Crippen molar-refractivity contribution in [3.63, 3.8) is 0 Å². The van der Waals surface area contributed by atoms with Gasteiger partial charge in [0.2, 0.25) is 5.88 Å². The lowest BCUT2D eigenvalue weighted by Gasteiger charge is -2.10. The topological polar surface area (TPSA) is 31.4 Å². The molecule has 0 atom stereocenters. The van der Waals surface area contributed by atoms with Crippen molar-refractivity contribution in [2.75, 3.05) is 7.11 Å². The maximum absolute atomic E-state index is 5.85. The normalized spacial score (nSPS) is 13.0. The second kappa shape index (κ2) is 4.09. The standard InChI is InChI=1S/C14H13NO2/c1-16-12-5-2-6-13-11(12)8-7-10-4-3-9-15-14(10)17-13/h2-6,9H,7-8H2,1H3. The van der Waals surface area contributed by atoms with E-state index in [9.17, 15) is 0 Å². The summed E-state index contributed by atoms with van der Waals surface area (Å²) in [7, 11) is 1.69. The van der Waals surface area contributed by atoms with E-state index in [1.807, 2.05) is 24.3 Å². The molecule has 0 N–H and O–H groups in total. The number of pyridine rings is 1. The Morgan fingerprint density at radius 3 is 3.00 bits per heavy atom. The van der Waals surface area contributed by atoms with E-state index in [1.54, 1.807) is 13.3 Å². The minimum atomic E-state index is 0.708. The summed E-state index contributed by atoms with van der Waals surface area (Å²) < 4.78 is 11.2. The smallest absolute Gasteiger partial charge is 0.222 e. The Balaban J connectivity index is 2.09. The molecule has 2 heterocycles. The quantitative estimate of drug-likeness (QED) is 0.750. The molecular weight excluding hydrogens is 214 g/mol. The Morgan fingerprint density at radius 2 is 2.12 bits per heavy atom. The minimum Gasteiger partial charge on any atom is -0.496 e. The van der Waals surface area contributed by atoms with Gasteiger partial charge < -0.3 is 9.47 Å². The number of fused-ring (bicyclic) bond motifs is 2. The number of benzene rings is 1. The average molecular weight is 227 g/mol. The third-order valence-corrected chi connectivity index (χ3v) is 3.01. The van der Waals surface area contributed by atoms with Crippen molar-refractivity contribution in [3.8, 4) is 17.4 Å². The Morgan fingerprint density at radius 1 is 1.18 bits per heavy atom. The van der Waals surface area contributed by atoms with Gasteiger partial charge in [-0.2, -0.15) is 0 Å². The molecule has 2 aromatic rings. The lowest BCUT2D eigenvalue weighted by molar-refractivity contribution is 0.402. The van der Waals surface area contributed by atoms with E-state index in [0.717, 1.165) is 35.5 Å². The maximum Gasteiger partial charge on any atom is 0.222 e. The van der Waals surface area contributed by atoms with E-state index in [0.29, 0.717) is 5.88 Å². The van der Waals surface area contributed by atoms with E-state index < -0.39 is 0 Å². The highest BCUT2D eigenvalue weighted by atomic mass is 16.5. The molecule has 1 aliphatic heterocycles. The number of aromatic nitrogens is 1. The molecule has 3 heteroatoms. The van der Waals surface area contributed by atoms with Crippen molar-refractivity contribution in [2.45, 2.75) is 12.8 Å². The van der Waals surface area contributed by atoms with Gasteiger partial charge in [0.1, 0.15) is 11.5 Å². The van der Waals surface area contributed by atoms with Crippen molar-refractivity contribution < 1.29 is 9.47 Å². The van der Waals surface area contributed by atoms with Gasteiger partial charge in [0.15, 0.2) is 0 Å². The molecule has 0 saturated heterocycles. The molecule has 0 unspecified atom stereocenters. The number of hydrogen-bond donors (Lipinski definition) is 0. The molecule has 0 radical (unpaired) electrons. The van der Waals surface area contributed by atoms with E-state index in [2.05, 4.69) is 11.1 Å². The maximum atomic E-state index is 5.85. The molecule has 1 aromatic heterocycles. The second-order valence-corrected chi connectivity index (χ2v) is 4.01. The Labute approximate surface area is 100 Å². The molecule has 0 spiro atoms. The van der Waals surface area contributed by atoms with Gasteiger partial charge in [0.25, 0.3) is 0 Å². The van der Waals surface area contributed by atoms with Crippen LogP contribution in [0.4, 0.5) is 0 Å². The first kappa shape index (κ1) is 10.1. The zero-order valence-electron chi connectivity index (χ0n) is 9.64. The summed E-state index contributed by atoms with van der Waals surface area (Å²) in [6.45, 7) is 0. The molecular formula is C14H13NO2. The Bertz CT molecular complexity index is 552. The summed E-state index contributed by atoms with van der Waals surface area (Å²) in [6, 6.07) is 9.86. The monoisotopic (exact) mass is 227 g/mol. The van der Waals surface area contributed by atoms with Gasteiger partial charge in [0.05, 0.1) is 7.11 Å². The summed E-state index contributed by atoms with van der Waals surface area (Å²) in [5.41, 5.74) is 2.26. The lowest BCUT2D eigenvalue weighted by Crippen LogP contribution is -1.94. The number of methoxy groups -OCH3 is 1. The Kier molecular flexibility index (Phi) is 2.44. The highest BCUT2D eigenvalue weighted by Crippen LogP contribution is 2.36. The predicted octanol–water partition coefficient (Wildman–Crippen LogP) is 2.98. The van der Waals surface area contributed by atoms with Crippen LogP contribution in [0.2, 0.25) is 0 Å². The highest BCUT2D eigenvalue weighted by Gasteiger charge is 2.18.